The standard InChI is InChI=1S/C8H8.C6H6O/c1-2-8-6-4-3-5-7-8;7-6-4-2-1-3-5-6/h2-7H,1H2;1-5,7H/i;4D. The highest BCUT2D eigenvalue weighted by Crippen LogP contribution is 2.02. The summed E-state index contributed by atoms with van der Waals surface area (Å²) in [6, 6.07) is 16.6. The van der Waals surface area contributed by atoms with Crippen molar-refractivity contribution < 1.29 is 6.48 Å². The molecule has 2 aromatic carbocycles. The van der Waals surface area contributed by atoms with E-state index in [2.05, 4.69) is 6.58 Å². The number of benzene rings is 2. The zero-order valence-electron chi connectivity index (χ0n) is 9.43. The molecular weight excluding hydrogens is 184 g/mol. The number of aromatic hydroxyl groups is 1. The Bertz CT molecular complexity index is 416. The molecule has 0 heterocycles. The van der Waals surface area contributed by atoms with Crippen LogP contribution in [-0.2, 0) is 0 Å². The van der Waals surface area contributed by atoms with Gasteiger partial charge >= 0.3 is 0 Å². The molecule has 0 aliphatic rings. The maximum absolute atomic E-state index is 8.73. The molecule has 0 saturated carbocycles. The average Bonchev–Trinajstić information content (AvgIpc) is 2.35. The van der Waals surface area contributed by atoms with Gasteiger partial charge in [0.25, 0.3) is 0 Å². The summed E-state index contributed by atoms with van der Waals surface area (Å²) in [5.74, 6) is 0.0347. The van der Waals surface area contributed by atoms with Crippen molar-refractivity contribution in [2.45, 2.75) is 0 Å². The summed E-state index contributed by atoms with van der Waals surface area (Å²) in [6.45, 7) is 3.63. The molecule has 0 aliphatic carbocycles. The van der Waals surface area contributed by atoms with Crippen molar-refractivity contribution in [3.63, 3.8) is 0 Å². The van der Waals surface area contributed by atoms with E-state index in [9.17, 15) is 0 Å². The first kappa shape index (κ1) is 9.53. The molecule has 0 radical (unpaired) electrons. The van der Waals surface area contributed by atoms with E-state index in [4.69, 9.17) is 6.48 Å². The second-order valence-corrected chi connectivity index (χ2v) is 2.86. The van der Waals surface area contributed by atoms with E-state index in [1.165, 1.54) is 17.7 Å². The van der Waals surface area contributed by atoms with E-state index in [1.54, 1.807) is 12.1 Å². The normalized spacial score (nSPS) is 9.47. The molecule has 76 valence electrons. The molecule has 2 rings (SSSR count). The van der Waals surface area contributed by atoms with Gasteiger partial charge in [0.1, 0.15) is 5.75 Å². The third kappa shape index (κ3) is 4.67. The van der Waals surface area contributed by atoms with Gasteiger partial charge in [-0.2, -0.15) is 0 Å². The molecule has 0 aliphatic heterocycles. The Hall–Kier alpha value is -2.02. The summed E-state index contributed by atoms with van der Waals surface area (Å²) in [5.41, 5.74) is 1.17. The lowest BCUT2D eigenvalue weighted by Crippen LogP contribution is -1.63. The van der Waals surface area contributed by atoms with E-state index >= 15 is 0 Å². The van der Waals surface area contributed by atoms with Gasteiger partial charge in [0.05, 0.1) is 1.37 Å². The van der Waals surface area contributed by atoms with Crippen LogP contribution in [-0.4, -0.2) is 5.11 Å². The number of hydrogen-bond acceptors (Lipinski definition) is 1. The van der Waals surface area contributed by atoms with Crippen molar-refractivity contribution in [1.29, 1.82) is 0 Å². The van der Waals surface area contributed by atoms with Crippen LogP contribution in [0.2, 0.25) is 0 Å². The van der Waals surface area contributed by atoms with Crippen LogP contribution in [0.5, 0.6) is 5.75 Å². The summed E-state index contributed by atoms with van der Waals surface area (Å²) in [7, 11) is 0. The third-order valence-electron chi connectivity index (χ3n) is 1.73. The van der Waals surface area contributed by atoms with Gasteiger partial charge in [0, 0.05) is 0 Å². The summed E-state index contributed by atoms with van der Waals surface area (Å²) < 4.78 is 6.97. The SMILES string of the molecule is C=Cc1ccccc1.[2H]c1ccccc1O. The maximum atomic E-state index is 8.73. The molecule has 0 atom stereocenters. The largest absolute Gasteiger partial charge is 0.508 e. The molecule has 1 heteroatoms. The molecule has 0 unspecified atom stereocenters. The first-order chi connectivity index (χ1) is 7.74. The Morgan fingerprint density at radius 2 is 1.60 bits per heavy atom. The molecule has 0 bridgehead atoms. The van der Waals surface area contributed by atoms with Crippen LogP contribution in [0.1, 0.15) is 6.93 Å². The van der Waals surface area contributed by atoms with Crippen LogP contribution in [0, 0.1) is 0 Å². The van der Waals surface area contributed by atoms with Crippen molar-refractivity contribution in [3.8, 4) is 5.75 Å². The molecule has 0 spiro atoms. The molecule has 0 aromatic heterocycles. The van der Waals surface area contributed by atoms with Crippen molar-refractivity contribution in [1.82, 2.24) is 0 Å². The van der Waals surface area contributed by atoms with Crippen LogP contribution in [0.3, 0.4) is 0 Å². The van der Waals surface area contributed by atoms with Crippen molar-refractivity contribution in [2.24, 2.45) is 0 Å². The molecular formula is C14H14O. The monoisotopic (exact) mass is 199 g/mol. The van der Waals surface area contributed by atoms with Gasteiger partial charge < -0.3 is 5.11 Å². The zero-order valence-corrected chi connectivity index (χ0v) is 8.43. The van der Waals surface area contributed by atoms with Gasteiger partial charge in [-0.1, -0.05) is 61.2 Å². The molecule has 0 amide bonds. The first-order valence-electron chi connectivity index (χ1n) is 5.16. The molecule has 0 fully saturated rings. The Morgan fingerprint density at radius 3 is 2.00 bits per heavy atom. The lowest BCUT2D eigenvalue weighted by atomic mass is 10.2. The Morgan fingerprint density at radius 1 is 1.00 bits per heavy atom. The van der Waals surface area contributed by atoms with E-state index in [-0.39, 0.29) is 11.8 Å². The van der Waals surface area contributed by atoms with E-state index in [1.807, 2.05) is 36.4 Å². The molecule has 1 nitrogen and oxygen atoms in total. The second-order valence-electron chi connectivity index (χ2n) is 2.86. The van der Waals surface area contributed by atoms with Crippen LogP contribution in [0.4, 0.5) is 0 Å². The number of phenols is 1. The number of rotatable bonds is 1. The Balaban J connectivity index is 0.000000160. The highest BCUT2D eigenvalue weighted by atomic mass is 16.3. The van der Waals surface area contributed by atoms with E-state index in [0.29, 0.717) is 0 Å². The van der Waals surface area contributed by atoms with Crippen LogP contribution in [0.15, 0.2) is 67.2 Å². The fourth-order valence-electron chi connectivity index (χ4n) is 0.973. The van der Waals surface area contributed by atoms with Gasteiger partial charge in [-0.3, -0.25) is 0 Å². The lowest BCUT2D eigenvalue weighted by molar-refractivity contribution is 0.475. The van der Waals surface area contributed by atoms with Crippen molar-refractivity contribution >= 4 is 6.08 Å². The maximum Gasteiger partial charge on any atom is 0.115 e. The molecule has 1 N–H and O–H groups in total. The predicted octanol–water partition coefficient (Wildman–Crippen LogP) is 3.72. The van der Waals surface area contributed by atoms with E-state index in [0.717, 1.165) is 0 Å². The predicted molar refractivity (Wildman–Crippen MR) is 64.6 cm³/mol. The Kier molecular flexibility index (Phi) is 4.09. The fraction of sp³-hybridized carbons (Fsp3) is 0. The number of phenolic OH excluding ortho intramolecular Hbond substituents is 1. The number of para-hydroxylation sites is 1. The summed E-state index contributed by atoms with van der Waals surface area (Å²) >= 11 is 0. The van der Waals surface area contributed by atoms with Crippen molar-refractivity contribution in [3.05, 3.63) is 72.8 Å². The third-order valence-corrected chi connectivity index (χ3v) is 1.73. The molecule has 2 aromatic rings. The van der Waals surface area contributed by atoms with E-state index < -0.39 is 0 Å². The van der Waals surface area contributed by atoms with Crippen LogP contribution < -0.4 is 0 Å². The highest BCUT2D eigenvalue weighted by Gasteiger charge is 1.76. The average molecular weight is 199 g/mol. The first-order valence-corrected chi connectivity index (χ1v) is 4.66. The second kappa shape index (κ2) is 6.44. The number of hydrogen-bond donors (Lipinski definition) is 1. The quantitative estimate of drug-likeness (QED) is 0.742. The summed E-state index contributed by atoms with van der Waals surface area (Å²) in [6.07, 6.45) is 1.83. The highest BCUT2D eigenvalue weighted by molar-refractivity contribution is 5.45. The van der Waals surface area contributed by atoms with Gasteiger partial charge in [0.2, 0.25) is 0 Å². The minimum Gasteiger partial charge on any atom is -0.508 e. The zero-order chi connectivity index (χ0) is 11.8. The lowest BCUT2D eigenvalue weighted by Gasteiger charge is -1.85. The minimum absolute atomic E-state index is 0.0347. The van der Waals surface area contributed by atoms with Gasteiger partial charge in [-0.15, -0.1) is 0 Å². The summed E-state index contributed by atoms with van der Waals surface area (Å²) in [4.78, 5) is 0. The van der Waals surface area contributed by atoms with Gasteiger partial charge in [0.15, 0.2) is 0 Å². The fourth-order valence-corrected chi connectivity index (χ4v) is 0.973. The van der Waals surface area contributed by atoms with Gasteiger partial charge in [-0.05, 0) is 17.7 Å². The molecule has 0 saturated heterocycles. The minimum atomic E-state index is 0.0347. The van der Waals surface area contributed by atoms with Gasteiger partial charge in [-0.25, -0.2) is 0 Å². The smallest absolute Gasteiger partial charge is 0.115 e. The van der Waals surface area contributed by atoms with Crippen LogP contribution >= 0.6 is 0 Å². The van der Waals surface area contributed by atoms with Crippen LogP contribution in [0.25, 0.3) is 6.08 Å². The summed E-state index contributed by atoms with van der Waals surface area (Å²) in [5, 5.41) is 8.73. The van der Waals surface area contributed by atoms with Crippen molar-refractivity contribution in [2.75, 3.05) is 0 Å². The molecule has 15 heavy (non-hydrogen) atoms. The topological polar surface area (TPSA) is 20.2 Å². The Labute approximate surface area is 91.7 Å².